The summed E-state index contributed by atoms with van der Waals surface area (Å²) in [6.45, 7) is 10.4. The van der Waals surface area contributed by atoms with Crippen LogP contribution in [0.3, 0.4) is 0 Å². The van der Waals surface area contributed by atoms with Crippen LogP contribution in [0.2, 0.25) is 0 Å². The van der Waals surface area contributed by atoms with Gasteiger partial charge in [-0.3, -0.25) is 4.99 Å². The fourth-order valence-electron chi connectivity index (χ4n) is 2.79. The quantitative estimate of drug-likeness (QED) is 0.369. The molecule has 1 heterocycles. The summed E-state index contributed by atoms with van der Waals surface area (Å²) >= 11 is 0. The third kappa shape index (κ3) is 8.59. The van der Waals surface area contributed by atoms with E-state index in [4.69, 9.17) is 4.74 Å². The van der Waals surface area contributed by atoms with E-state index in [1.165, 1.54) is 38.8 Å². The number of rotatable bonds is 10. The molecule has 0 aliphatic carbocycles. The van der Waals surface area contributed by atoms with E-state index in [9.17, 15) is 0 Å². The van der Waals surface area contributed by atoms with Crippen LogP contribution in [0.5, 0.6) is 0 Å². The predicted molar refractivity (Wildman–Crippen MR) is 94.6 cm³/mol. The number of hydrogen-bond acceptors (Lipinski definition) is 3. The van der Waals surface area contributed by atoms with Gasteiger partial charge in [0.25, 0.3) is 0 Å². The minimum absolute atomic E-state index is 0.742. The summed E-state index contributed by atoms with van der Waals surface area (Å²) in [5.41, 5.74) is 0. The second kappa shape index (κ2) is 12.7. The van der Waals surface area contributed by atoms with E-state index in [1.54, 1.807) is 0 Å². The smallest absolute Gasteiger partial charge is 0.191 e. The molecule has 1 aliphatic heterocycles. The maximum atomic E-state index is 5.53. The first-order valence-electron chi connectivity index (χ1n) is 9.04. The van der Waals surface area contributed by atoms with Crippen molar-refractivity contribution in [2.45, 2.75) is 58.4 Å². The van der Waals surface area contributed by atoms with Gasteiger partial charge in [-0.1, -0.05) is 19.8 Å². The second-order valence-electron chi connectivity index (χ2n) is 6.13. The van der Waals surface area contributed by atoms with Crippen LogP contribution in [0.4, 0.5) is 0 Å². The average Bonchev–Trinajstić information content (AvgIpc) is 2.54. The molecule has 2 N–H and O–H groups in total. The molecule has 0 aromatic heterocycles. The van der Waals surface area contributed by atoms with Crippen LogP contribution < -0.4 is 10.6 Å². The Kier molecular flexibility index (Phi) is 11.1. The molecule has 0 aromatic rings. The van der Waals surface area contributed by atoms with E-state index < -0.39 is 0 Å². The van der Waals surface area contributed by atoms with E-state index in [-0.39, 0.29) is 0 Å². The van der Waals surface area contributed by atoms with Crippen molar-refractivity contribution in [3.8, 4) is 0 Å². The van der Waals surface area contributed by atoms with Crippen LogP contribution in [0.15, 0.2) is 4.99 Å². The van der Waals surface area contributed by atoms with Crippen LogP contribution in [-0.4, -0.2) is 63.3 Å². The highest BCUT2D eigenvalue weighted by Gasteiger charge is 2.16. The second-order valence-corrected chi connectivity index (χ2v) is 6.13. The van der Waals surface area contributed by atoms with E-state index >= 15 is 0 Å². The first-order valence-corrected chi connectivity index (χ1v) is 9.04. The molecule has 22 heavy (non-hydrogen) atoms. The number of ether oxygens (including phenoxy) is 1. The van der Waals surface area contributed by atoms with Gasteiger partial charge >= 0.3 is 0 Å². The minimum Gasteiger partial charge on any atom is -0.380 e. The summed E-state index contributed by atoms with van der Waals surface area (Å²) in [6, 6.07) is 0.756. The van der Waals surface area contributed by atoms with Crippen molar-refractivity contribution in [2.75, 3.05) is 46.4 Å². The van der Waals surface area contributed by atoms with Gasteiger partial charge in [-0.15, -0.1) is 0 Å². The maximum absolute atomic E-state index is 5.53. The highest BCUT2D eigenvalue weighted by Crippen LogP contribution is 2.15. The fraction of sp³-hybridized carbons (Fsp3) is 0.941. The fourth-order valence-corrected chi connectivity index (χ4v) is 2.79. The Morgan fingerprint density at radius 2 is 2.00 bits per heavy atom. The molecule has 1 rings (SSSR count). The van der Waals surface area contributed by atoms with Gasteiger partial charge < -0.3 is 20.3 Å². The number of likely N-dealkylation sites (tertiary alicyclic amines) is 1. The number of piperidine rings is 1. The first kappa shape index (κ1) is 19.2. The minimum atomic E-state index is 0.742. The van der Waals surface area contributed by atoms with E-state index in [2.05, 4.69) is 34.4 Å². The molecule has 1 saturated heterocycles. The predicted octanol–water partition coefficient (Wildman–Crippen LogP) is 2.23. The standard InChI is InChI=1S/C17H36N4O/c1-4-5-14-22-15-11-20-17(18-3)19-10-8-13-21-12-7-6-9-16(21)2/h16H,4-15H2,1-3H3,(H2,18,19,20). The summed E-state index contributed by atoms with van der Waals surface area (Å²) in [5.74, 6) is 0.880. The van der Waals surface area contributed by atoms with Crippen LogP contribution in [0.25, 0.3) is 0 Å². The van der Waals surface area contributed by atoms with Crippen molar-refractivity contribution in [3.05, 3.63) is 0 Å². The number of nitrogens with zero attached hydrogens (tertiary/aromatic N) is 2. The summed E-state index contributed by atoms with van der Waals surface area (Å²) in [6.07, 6.45) is 7.60. The lowest BCUT2D eigenvalue weighted by Gasteiger charge is -2.33. The normalized spacial score (nSPS) is 20.1. The van der Waals surface area contributed by atoms with Crippen molar-refractivity contribution in [1.29, 1.82) is 0 Å². The molecule has 5 heteroatoms. The molecule has 1 atom stereocenters. The van der Waals surface area contributed by atoms with E-state index in [0.29, 0.717) is 0 Å². The monoisotopic (exact) mass is 312 g/mol. The number of guanidine groups is 1. The lowest BCUT2D eigenvalue weighted by molar-refractivity contribution is 0.136. The van der Waals surface area contributed by atoms with Gasteiger partial charge in [0.2, 0.25) is 0 Å². The lowest BCUT2D eigenvalue weighted by Crippen LogP contribution is -2.42. The van der Waals surface area contributed by atoms with Gasteiger partial charge in [-0.2, -0.15) is 0 Å². The molecule has 130 valence electrons. The Morgan fingerprint density at radius 1 is 1.18 bits per heavy atom. The largest absolute Gasteiger partial charge is 0.380 e. The Hall–Kier alpha value is -0.810. The topological polar surface area (TPSA) is 48.9 Å². The number of aliphatic imine (C=N–C) groups is 1. The van der Waals surface area contributed by atoms with Gasteiger partial charge in [0, 0.05) is 39.3 Å². The molecule has 5 nitrogen and oxygen atoms in total. The highest BCUT2D eigenvalue weighted by atomic mass is 16.5. The summed E-state index contributed by atoms with van der Waals surface area (Å²) < 4.78 is 5.53. The van der Waals surface area contributed by atoms with Gasteiger partial charge in [-0.25, -0.2) is 0 Å². The zero-order valence-electron chi connectivity index (χ0n) is 14.9. The van der Waals surface area contributed by atoms with Gasteiger partial charge in [0.1, 0.15) is 0 Å². The average molecular weight is 313 g/mol. The number of nitrogens with one attached hydrogen (secondary N) is 2. The van der Waals surface area contributed by atoms with Crippen LogP contribution >= 0.6 is 0 Å². The van der Waals surface area contributed by atoms with Crippen molar-refractivity contribution in [3.63, 3.8) is 0 Å². The molecular weight excluding hydrogens is 276 g/mol. The molecule has 1 fully saturated rings. The summed E-state index contributed by atoms with van der Waals surface area (Å²) in [5, 5.41) is 6.68. The van der Waals surface area contributed by atoms with E-state index in [1.807, 2.05) is 7.05 Å². The molecular formula is C17H36N4O. The molecule has 0 radical (unpaired) electrons. The molecule has 0 saturated carbocycles. The van der Waals surface area contributed by atoms with Crippen molar-refractivity contribution in [2.24, 2.45) is 4.99 Å². The molecule has 0 amide bonds. The van der Waals surface area contributed by atoms with Gasteiger partial charge in [-0.05, 0) is 39.2 Å². The Bertz CT molecular complexity index is 296. The molecule has 0 aromatic carbocycles. The van der Waals surface area contributed by atoms with Crippen molar-refractivity contribution >= 4 is 5.96 Å². The van der Waals surface area contributed by atoms with Crippen molar-refractivity contribution < 1.29 is 4.74 Å². The molecule has 1 unspecified atom stereocenters. The number of unbranched alkanes of at least 4 members (excludes halogenated alkanes) is 1. The molecule has 0 spiro atoms. The first-order chi connectivity index (χ1) is 10.8. The third-order valence-corrected chi connectivity index (χ3v) is 4.26. The highest BCUT2D eigenvalue weighted by molar-refractivity contribution is 5.79. The van der Waals surface area contributed by atoms with Crippen LogP contribution in [0, 0.1) is 0 Å². The third-order valence-electron chi connectivity index (χ3n) is 4.26. The summed E-state index contributed by atoms with van der Waals surface area (Å²) in [7, 11) is 1.82. The van der Waals surface area contributed by atoms with Crippen molar-refractivity contribution in [1.82, 2.24) is 15.5 Å². The lowest BCUT2D eigenvalue weighted by atomic mass is 10.0. The zero-order chi connectivity index (χ0) is 16.0. The SMILES string of the molecule is CCCCOCCNC(=NC)NCCCN1CCCCC1C. The zero-order valence-corrected chi connectivity index (χ0v) is 14.9. The Morgan fingerprint density at radius 3 is 2.73 bits per heavy atom. The maximum Gasteiger partial charge on any atom is 0.191 e. The van der Waals surface area contributed by atoms with Crippen LogP contribution in [0.1, 0.15) is 52.4 Å². The van der Waals surface area contributed by atoms with Gasteiger partial charge in [0.05, 0.1) is 6.61 Å². The van der Waals surface area contributed by atoms with Crippen LogP contribution in [-0.2, 0) is 4.74 Å². The number of hydrogen-bond donors (Lipinski definition) is 2. The summed E-state index contributed by atoms with van der Waals surface area (Å²) in [4.78, 5) is 6.86. The Balaban J connectivity index is 2.01. The Labute approximate surface area is 136 Å². The van der Waals surface area contributed by atoms with E-state index in [0.717, 1.165) is 51.1 Å². The molecule has 0 bridgehead atoms. The molecule has 1 aliphatic rings. The van der Waals surface area contributed by atoms with Gasteiger partial charge in [0.15, 0.2) is 5.96 Å².